The van der Waals surface area contributed by atoms with Crippen molar-refractivity contribution in [2.45, 2.75) is 19.7 Å². The number of nitrogens with one attached hydrogen (secondary N) is 1. The molecule has 3 aromatic rings. The molecule has 140 valence electrons. The lowest BCUT2D eigenvalue weighted by Crippen LogP contribution is -2.13. The van der Waals surface area contributed by atoms with Crippen LogP contribution in [0.3, 0.4) is 0 Å². The fraction of sp³-hybridized carbons (Fsp3) is 0.227. The third-order valence-electron chi connectivity index (χ3n) is 4.13. The number of benzene rings is 2. The molecule has 3 rings (SSSR count). The van der Waals surface area contributed by atoms with Crippen molar-refractivity contribution in [3.8, 4) is 17.2 Å². The van der Waals surface area contributed by atoms with Crippen molar-refractivity contribution >= 4 is 0 Å². The molecule has 0 amide bonds. The highest BCUT2D eigenvalue weighted by molar-refractivity contribution is 5.54. The quantitative estimate of drug-likeness (QED) is 0.623. The molecule has 0 saturated heterocycles. The molecule has 1 N–H and O–H groups in total. The van der Waals surface area contributed by atoms with Crippen LogP contribution in [-0.2, 0) is 19.7 Å². The van der Waals surface area contributed by atoms with Gasteiger partial charge in [-0.2, -0.15) is 0 Å². The second-order valence-corrected chi connectivity index (χ2v) is 6.07. The Morgan fingerprint density at radius 1 is 0.815 bits per heavy atom. The van der Waals surface area contributed by atoms with E-state index in [1.807, 2.05) is 60.8 Å². The second-order valence-electron chi connectivity index (χ2n) is 6.07. The standard InChI is InChI=1S/C22H24N2O3/c1-25-20-11-19(15-24-14-18-9-6-10-23-13-18)12-21(26-2)22(20)27-16-17-7-4-3-5-8-17/h3-13,24H,14-16H2,1-2H3. The van der Waals surface area contributed by atoms with E-state index in [4.69, 9.17) is 14.2 Å². The van der Waals surface area contributed by atoms with Gasteiger partial charge in [-0.15, -0.1) is 0 Å². The normalized spacial score (nSPS) is 10.4. The van der Waals surface area contributed by atoms with Gasteiger partial charge < -0.3 is 19.5 Å². The Balaban J connectivity index is 1.69. The van der Waals surface area contributed by atoms with Crippen molar-refractivity contribution in [3.05, 3.63) is 83.7 Å². The summed E-state index contributed by atoms with van der Waals surface area (Å²) in [4.78, 5) is 4.13. The maximum Gasteiger partial charge on any atom is 0.203 e. The molecule has 1 aromatic heterocycles. The minimum Gasteiger partial charge on any atom is -0.493 e. The van der Waals surface area contributed by atoms with E-state index in [1.54, 1.807) is 20.4 Å². The second kappa shape index (κ2) is 9.59. The van der Waals surface area contributed by atoms with Gasteiger partial charge in [0.1, 0.15) is 6.61 Å². The van der Waals surface area contributed by atoms with Crippen LogP contribution in [0.5, 0.6) is 17.2 Å². The molecule has 0 bridgehead atoms. The first-order valence-electron chi connectivity index (χ1n) is 8.81. The highest BCUT2D eigenvalue weighted by Crippen LogP contribution is 2.39. The van der Waals surface area contributed by atoms with E-state index in [1.165, 1.54) is 0 Å². The summed E-state index contributed by atoms with van der Waals surface area (Å²) in [5, 5.41) is 3.41. The lowest BCUT2D eigenvalue weighted by Gasteiger charge is -2.16. The largest absolute Gasteiger partial charge is 0.493 e. The van der Waals surface area contributed by atoms with Gasteiger partial charge in [-0.3, -0.25) is 4.98 Å². The van der Waals surface area contributed by atoms with Gasteiger partial charge in [0, 0.05) is 25.5 Å². The summed E-state index contributed by atoms with van der Waals surface area (Å²) < 4.78 is 17.1. The molecule has 0 aliphatic carbocycles. The molecule has 0 unspecified atom stereocenters. The van der Waals surface area contributed by atoms with E-state index >= 15 is 0 Å². The van der Waals surface area contributed by atoms with E-state index in [9.17, 15) is 0 Å². The minimum atomic E-state index is 0.451. The van der Waals surface area contributed by atoms with Gasteiger partial charge >= 0.3 is 0 Å². The Labute approximate surface area is 159 Å². The van der Waals surface area contributed by atoms with Crippen LogP contribution >= 0.6 is 0 Å². The Morgan fingerprint density at radius 3 is 2.11 bits per heavy atom. The van der Waals surface area contributed by atoms with Crippen LogP contribution in [0.25, 0.3) is 0 Å². The van der Waals surface area contributed by atoms with E-state index in [2.05, 4.69) is 10.3 Å². The number of methoxy groups -OCH3 is 2. The van der Waals surface area contributed by atoms with Gasteiger partial charge in [-0.05, 0) is 34.9 Å². The van der Waals surface area contributed by atoms with Crippen LogP contribution in [-0.4, -0.2) is 19.2 Å². The molecule has 0 fully saturated rings. The topological polar surface area (TPSA) is 52.6 Å². The highest BCUT2D eigenvalue weighted by atomic mass is 16.5. The van der Waals surface area contributed by atoms with Crippen LogP contribution in [0.15, 0.2) is 67.0 Å². The van der Waals surface area contributed by atoms with Gasteiger partial charge in [0.15, 0.2) is 11.5 Å². The molecule has 0 atom stereocenters. The SMILES string of the molecule is COc1cc(CNCc2cccnc2)cc(OC)c1OCc1ccccc1. The Kier molecular flexibility index (Phi) is 6.66. The van der Waals surface area contributed by atoms with Crippen LogP contribution in [0, 0.1) is 0 Å². The van der Waals surface area contributed by atoms with Crippen molar-refractivity contribution in [1.82, 2.24) is 10.3 Å². The van der Waals surface area contributed by atoms with Gasteiger partial charge in [-0.1, -0.05) is 36.4 Å². The fourth-order valence-corrected chi connectivity index (χ4v) is 2.76. The lowest BCUT2D eigenvalue weighted by molar-refractivity contribution is 0.265. The lowest BCUT2D eigenvalue weighted by atomic mass is 10.1. The van der Waals surface area contributed by atoms with Gasteiger partial charge in [0.2, 0.25) is 5.75 Å². The Bertz CT molecular complexity index is 814. The molecule has 2 aromatic carbocycles. The number of rotatable bonds is 9. The predicted octanol–water partition coefficient (Wildman–Crippen LogP) is 3.97. The summed E-state index contributed by atoms with van der Waals surface area (Å²) in [7, 11) is 3.27. The van der Waals surface area contributed by atoms with Gasteiger partial charge in [0.05, 0.1) is 14.2 Å². The summed E-state index contributed by atoms with van der Waals surface area (Å²) in [6.45, 7) is 1.87. The first kappa shape index (κ1) is 18.7. The summed E-state index contributed by atoms with van der Waals surface area (Å²) in [6.07, 6.45) is 3.63. The molecule has 1 heterocycles. The van der Waals surface area contributed by atoms with Crippen LogP contribution in [0.1, 0.15) is 16.7 Å². The zero-order valence-corrected chi connectivity index (χ0v) is 15.6. The van der Waals surface area contributed by atoms with Gasteiger partial charge in [-0.25, -0.2) is 0 Å². The maximum atomic E-state index is 5.99. The fourth-order valence-electron chi connectivity index (χ4n) is 2.76. The van der Waals surface area contributed by atoms with Crippen molar-refractivity contribution in [1.29, 1.82) is 0 Å². The average molecular weight is 364 g/mol. The van der Waals surface area contributed by atoms with Crippen molar-refractivity contribution in [2.75, 3.05) is 14.2 Å². The average Bonchev–Trinajstić information content (AvgIpc) is 2.73. The third-order valence-corrected chi connectivity index (χ3v) is 4.13. The number of aromatic nitrogens is 1. The summed E-state index contributed by atoms with van der Waals surface area (Å²) in [6, 6.07) is 17.9. The van der Waals surface area contributed by atoms with Crippen LogP contribution in [0.2, 0.25) is 0 Å². The monoisotopic (exact) mass is 364 g/mol. The van der Waals surface area contributed by atoms with E-state index in [-0.39, 0.29) is 0 Å². The first-order valence-corrected chi connectivity index (χ1v) is 8.81. The zero-order valence-electron chi connectivity index (χ0n) is 15.6. The van der Waals surface area contributed by atoms with Crippen LogP contribution in [0.4, 0.5) is 0 Å². The first-order chi connectivity index (χ1) is 13.3. The third kappa shape index (κ3) is 5.21. The maximum absolute atomic E-state index is 5.99. The molecule has 5 heteroatoms. The smallest absolute Gasteiger partial charge is 0.203 e. The van der Waals surface area contributed by atoms with E-state index < -0.39 is 0 Å². The zero-order chi connectivity index (χ0) is 18.9. The molecule has 0 aliphatic rings. The molecule has 0 aliphatic heterocycles. The van der Waals surface area contributed by atoms with Crippen molar-refractivity contribution in [2.24, 2.45) is 0 Å². The van der Waals surface area contributed by atoms with E-state index in [0.29, 0.717) is 30.4 Å². The molecular weight excluding hydrogens is 340 g/mol. The number of pyridine rings is 1. The minimum absolute atomic E-state index is 0.451. The number of hydrogen-bond donors (Lipinski definition) is 1. The predicted molar refractivity (Wildman–Crippen MR) is 105 cm³/mol. The number of nitrogens with zero attached hydrogens (tertiary/aromatic N) is 1. The summed E-state index contributed by atoms with van der Waals surface area (Å²) in [5.41, 5.74) is 3.28. The van der Waals surface area contributed by atoms with Crippen molar-refractivity contribution < 1.29 is 14.2 Å². The summed E-state index contributed by atoms with van der Waals surface area (Å²) in [5.74, 6) is 1.92. The van der Waals surface area contributed by atoms with Crippen LogP contribution < -0.4 is 19.5 Å². The molecule has 0 spiro atoms. The molecular formula is C22H24N2O3. The summed E-state index contributed by atoms with van der Waals surface area (Å²) >= 11 is 0. The number of ether oxygens (including phenoxy) is 3. The van der Waals surface area contributed by atoms with Gasteiger partial charge in [0.25, 0.3) is 0 Å². The highest BCUT2D eigenvalue weighted by Gasteiger charge is 2.14. The number of hydrogen-bond acceptors (Lipinski definition) is 5. The van der Waals surface area contributed by atoms with E-state index in [0.717, 1.165) is 23.2 Å². The Morgan fingerprint density at radius 2 is 1.48 bits per heavy atom. The molecule has 5 nitrogen and oxygen atoms in total. The van der Waals surface area contributed by atoms with Crippen molar-refractivity contribution in [3.63, 3.8) is 0 Å². The molecule has 0 saturated carbocycles. The Hall–Kier alpha value is -3.05. The molecule has 0 radical (unpaired) electrons. The molecule has 27 heavy (non-hydrogen) atoms.